The molecule has 1 heterocycles. The zero-order valence-corrected chi connectivity index (χ0v) is 12.9. The van der Waals surface area contributed by atoms with Crippen LogP contribution in [0.15, 0.2) is 24.3 Å². The lowest BCUT2D eigenvalue weighted by molar-refractivity contribution is -0.129. The number of carbonyl (C=O) groups is 2. The summed E-state index contributed by atoms with van der Waals surface area (Å²) in [5.41, 5.74) is 0.654. The number of rotatable bonds is 4. The predicted octanol–water partition coefficient (Wildman–Crippen LogP) is 2.42. The van der Waals surface area contributed by atoms with Crippen LogP contribution < -0.4 is 10.1 Å². The molecule has 0 spiro atoms. The lowest BCUT2D eigenvalue weighted by Crippen LogP contribution is -2.35. The first-order valence-corrected chi connectivity index (χ1v) is 7.92. The number of benzene rings is 1. The van der Waals surface area contributed by atoms with Crippen LogP contribution >= 0.6 is 0 Å². The van der Waals surface area contributed by atoms with E-state index in [0.717, 1.165) is 12.8 Å². The average molecular weight is 302 g/mol. The van der Waals surface area contributed by atoms with Crippen LogP contribution in [0.5, 0.6) is 5.75 Å². The van der Waals surface area contributed by atoms with Crippen molar-refractivity contribution in [3.63, 3.8) is 0 Å². The van der Waals surface area contributed by atoms with Gasteiger partial charge in [0.15, 0.2) is 0 Å². The largest absolute Gasteiger partial charge is 0.495 e. The van der Waals surface area contributed by atoms with E-state index in [2.05, 4.69) is 5.32 Å². The highest BCUT2D eigenvalue weighted by atomic mass is 16.5. The summed E-state index contributed by atoms with van der Waals surface area (Å²) in [4.78, 5) is 26.5. The van der Waals surface area contributed by atoms with E-state index in [1.165, 1.54) is 12.8 Å². The van der Waals surface area contributed by atoms with E-state index in [0.29, 0.717) is 30.4 Å². The van der Waals surface area contributed by atoms with Crippen molar-refractivity contribution in [1.29, 1.82) is 0 Å². The van der Waals surface area contributed by atoms with Gasteiger partial charge in [0.1, 0.15) is 5.75 Å². The fourth-order valence-corrected chi connectivity index (χ4v) is 3.46. The number of nitrogens with one attached hydrogen (secondary N) is 1. The number of anilines is 1. The highest BCUT2D eigenvalue weighted by Crippen LogP contribution is 2.30. The molecule has 1 aliphatic carbocycles. The van der Waals surface area contributed by atoms with Gasteiger partial charge in [0.25, 0.3) is 0 Å². The third-order valence-electron chi connectivity index (χ3n) is 4.66. The van der Waals surface area contributed by atoms with E-state index < -0.39 is 0 Å². The van der Waals surface area contributed by atoms with Crippen molar-refractivity contribution in [2.75, 3.05) is 19.0 Å². The first kappa shape index (κ1) is 14.9. The van der Waals surface area contributed by atoms with E-state index >= 15 is 0 Å². The second kappa shape index (κ2) is 6.38. The minimum absolute atomic E-state index is 0.0988. The third-order valence-corrected chi connectivity index (χ3v) is 4.66. The Bertz CT molecular complexity index is 567. The maximum Gasteiger partial charge on any atom is 0.229 e. The Morgan fingerprint density at radius 3 is 2.73 bits per heavy atom. The SMILES string of the molecule is COc1ccccc1NC(=O)[C@@H]1CC(=O)N(C2CCCC2)C1. The van der Waals surface area contributed by atoms with Gasteiger partial charge in [0.2, 0.25) is 11.8 Å². The standard InChI is InChI=1S/C17H22N2O3/c1-22-15-9-5-4-8-14(15)18-17(21)12-10-16(20)19(11-12)13-6-2-3-7-13/h4-5,8-9,12-13H,2-3,6-7,10-11H2,1H3,(H,18,21)/t12-/m1/s1. The van der Waals surface area contributed by atoms with Gasteiger partial charge in [0.05, 0.1) is 18.7 Å². The molecule has 1 aromatic rings. The molecule has 5 nitrogen and oxygen atoms in total. The van der Waals surface area contributed by atoms with Crippen molar-refractivity contribution in [2.24, 2.45) is 5.92 Å². The van der Waals surface area contributed by atoms with Crippen LogP contribution in [0.1, 0.15) is 32.1 Å². The number of carbonyl (C=O) groups excluding carboxylic acids is 2. The zero-order valence-electron chi connectivity index (χ0n) is 12.9. The van der Waals surface area contributed by atoms with Crippen LogP contribution in [-0.4, -0.2) is 36.4 Å². The fraction of sp³-hybridized carbons (Fsp3) is 0.529. The summed E-state index contributed by atoms with van der Waals surface area (Å²) in [6, 6.07) is 7.66. The average Bonchev–Trinajstić information content (AvgIpc) is 3.16. The molecule has 5 heteroatoms. The molecule has 3 rings (SSSR count). The van der Waals surface area contributed by atoms with Gasteiger partial charge >= 0.3 is 0 Å². The Labute approximate surface area is 130 Å². The number of para-hydroxylation sites is 2. The molecule has 1 saturated heterocycles. The molecule has 0 aromatic heterocycles. The normalized spacial score (nSPS) is 22.1. The highest BCUT2D eigenvalue weighted by molar-refractivity contribution is 5.98. The molecular formula is C17H22N2O3. The Hall–Kier alpha value is -2.04. The molecule has 1 atom stereocenters. The summed E-state index contributed by atoms with van der Waals surface area (Å²) in [5, 5.41) is 2.89. The number of nitrogens with zero attached hydrogens (tertiary/aromatic N) is 1. The van der Waals surface area contributed by atoms with E-state index in [-0.39, 0.29) is 17.7 Å². The Balaban J connectivity index is 1.64. The van der Waals surface area contributed by atoms with Gasteiger partial charge in [-0.15, -0.1) is 0 Å². The molecule has 2 amide bonds. The van der Waals surface area contributed by atoms with Gasteiger partial charge in [-0.05, 0) is 25.0 Å². The summed E-state index contributed by atoms with van der Waals surface area (Å²) in [6.07, 6.45) is 4.84. The van der Waals surface area contributed by atoms with E-state index in [4.69, 9.17) is 4.74 Å². The second-order valence-electron chi connectivity index (χ2n) is 6.07. The summed E-state index contributed by atoms with van der Waals surface area (Å²) in [6.45, 7) is 0.546. The molecular weight excluding hydrogens is 280 g/mol. The minimum Gasteiger partial charge on any atom is -0.495 e. The molecule has 0 bridgehead atoms. The Morgan fingerprint density at radius 2 is 2.00 bits per heavy atom. The molecule has 2 fully saturated rings. The molecule has 1 aliphatic heterocycles. The van der Waals surface area contributed by atoms with Crippen LogP contribution in [0.25, 0.3) is 0 Å². The van der Waals surface area contributed by atoms with Gasteiger partial charge in [-0.25, -0.2) is 0 Å². The van der Waals surface area contributed by atoms with Crippen LogP contribution in [0, 0.1) is 5.92 Å². The molecule has 0 unspecified atom stereocenters. The predicted molar refractivity (Wildman–Crippen MR) is 83.7 cm³/mol. The number of hydrogen-bond donors (Lipinski definition) is 1. The lowest BCUT2D eigenvalue weighted by atomic mass is 10.1. The third kappa shape index (κ3) is 2.93. The van der Waals surface area contributed by atoms with Crippen LogP contribution in [0.3, 0.4) is 0 Å². The van der Waals surface area contributed by atoms with E-state index in [1.54, 1.807) is 13.2 Å². The zero-order chi connectivity index (χ0) is 15.5. The summed E-state index contributed by atoms with van der Waals surface area (Å²) >= 11 is 0. The van der Waals surface area contributed by atoms with Gasteiger partial charge in [-0.2, -0.15) is 0 Å². The molecule has 1 N–H and O–H groups in total. The highest BCUT2D eigenvalue weighted by Gasteiger charge is 2.38. The van der Waals surface area contributed by atoms with Crippen LogP contribution in [0.4, 0.5) is 5.69 Å². The van der Waals surface area contributed by atoms with Gasteiger partial charge in [0, 0.05) is 19.0 Å². The lowest BCUT2D eigenvalue weighted by Gasteiger charge is -2.23. The topological polar surface area (TPSA) is 58.6 Å². The maximum absolute atomic E-state index is 12.4. The molecule has 22 heavy (non-hydrogen) atoms. The van der Waals surface area contributed by atoms with Crippen molar-refractivity contribution in [3.05, 3.63) is 24.3 Å². The fourth-order valence-electron chi connectivity index (χ4n) is 3.46. The van der Waals surface area contributed by atoms with Crippen LogP contribution in [0.2, 0.25) is 0 Å². The minimum atomic E-state index is -0.266. The second-order valence-corrected chi connectivity index (χ2v) is 6.07. The molecule has 1 aromatic carbocycles. The van der Waals surface area contributed by atoms with Crippen molar-refractivity contribution >= 4 is 17.5 Å². The number of amides is 2. The van der Waals surface area contributed by atoms with Gasteiger partial charge in [-0.1, -0.05) is 25.0 Å². The van der Waals surface area contributed by atoms with Crippen molar-refractivity contribution in [2.45, 2.75) is 38.1 Å². The van der Waals surface area contributed by atoms with Crippen molar-refractivity contribution in [3.8, 4) is 5.75 Å². The van der Waals surface area contributed by atoms with Gasteiger partial charge in [-0.3, -0.25) is 9.59 Å². The monoisotopic (exact) mass is 302 g/mol. The van der Waals surface area contributed by atoms with E-state index in [1.807, 2.05) is 23.1 Å². The quantitative estimate of drug-likeness (QED) is 0.929. The Morgan fingerprint density at radius 1 is 1.27 bits per heavy atom. The first-order valence-electron chi connectivity index (χ1n) is 7.92. The Kier molecular flexibility index (Phi) is 4.32. The molecule has 118 valence electrons. The van der Waals surface area contributed by atoms with Crippen LogP contribution in [-0.2, 0) is 9.59 Å². The summed E-state index contributed by atoms with van der Waals surface area (Å²) in [5.74, 6) is 0.385. The maximum atomic E-state index is 12.4. The summed E-state index contributed by atoms with van der Waals surface area (Å²) < 4.78 is 5.24. The van der Waals surface area contributed by atoms with Gasteiger partial charge < -0.3 is 15.0 Å². The molecule has 2 aliphatic rings. The number of hydrogen-bond acceptors (Lipinski definition) is 3. The van der Waals surface area contributed by atoms with Crippen molar-refractivity contribution < 1.29 is 14.3 Å². The number of ether oxygens (including phenoxy) is 1. The number of methoxy groups -OCH3 is 1. The number of likely N-dealkylation sites (tertiary alicyclic amines) is 1. The van der Waals surface area contributed by atoms with E-state index in [9.17, 15) is 9.59 Å². The first-order chi connectivity index (χ1) is 10.7. The smallest absolute Gasteiger partial charge is 0.229 e. The molecule has 1 saturated carbocycles. The summed E-state index contributed by atoms with van der Waals surface area (Å²) in [7, 11) is 1.58. The molecule has 0 radical (unpaired) electrons. The van der Waals surface area contributed by atoms with Crippen molar-refractivity contribution in [1.82, 2.24) is 4.90 Å².